The molecule has 0 fully saturated rings. The Labute approximate surface area is 180 Å². The number of nitrogens with zero attached hydrogens (tertiary/aromatic N) is 1. The molecule has 0 saturated heterocycles. The number of hydrogen-bond acceptors (Lipinski definition) is 4. The van der Waals surface area contributed by atoms with Crippen molar-refractivity contribution in [3.05, 3.63) is 87.8 Å². The third-order valence-corrected chi connectivity index (χ3v) is 5.48. The normalized spacial score (nSPS) is 10.9. The fourth-order valence-corrected chi connectivity index (χ4v) is 4.04. The van der Waals surface area contributed by atoms with Crippen molar-refractivity contribution in [1.82, 2.24) is 9.97 Å². The highest BCUT2D eigenvalue weighted by molar-refractivity contribution is 5.97. The molecule has 0 unspecified atom stereocenters. The topological polar surface area (TPSA) is 101 Å². The van der Waals surface area contributed by atoms with Crippen LogP contribution in [-0.4, -0.2) is 15.9 Å². The molecule has 0 atom stereocenters. The third-order valence-electron chi connectivity index (χ3n) is 5.48. The van der Waals surface area contributed by atoms with Crippen molar-refractivity contribution in [3.63, 3.8) is 0 Å². The second-order valence-electron chi connectivity index (χ2n) is 7.31. The molecule has 0 radical (unpaired) electrons. The number of benzene rings is 2. The van der Waals surface area contributed by atoms with Crippen molar-refractivity contribution in [3.8, 4) is 11.3 Å². The zero-order valence-electron chi connectivity index (χ0n) is 17.5. The van der Waals surface area contributed by atoms with Crippen LogP contribution in [0.3, 0.4) is 0 Å². The van der Waals surface area contributed by atoms with Crippen molar-refractivity contribution in [2.45, 2.75) is 26.7 Å². The van der Waals surface area contributed by atoms with Crippen molar-refractivity contribution >= 4 is 28.2 Å². The lowest BCUT2D eigenvalue weighted by Crippen LogP contribution is -2.16. The largest absolute Gasteiger partial charge is 0.366 e. The van der Waals surface area contributed by atoms with Gasteiger partial charge in [0.25, 0.3) is 5.56 Å². The maximum absolute atomic E-state index is 12.7. The zero-order chi connectivity index (χ0) is 22.0. The van der Waals surface area contributed by atoms with E-state index >= 15 is 0 Å². The highest BCUT2D eigenvalue weighted by Gasteiger charge is 2.17. The summed E-state index contributed by atoms with van der Waals surface area (Å²) in [7, 11) is 0. The number of carbonyl (C=O) groups is 1. The minimum absolute atomic E-state index is 0.213. The van der Waals surface area contributed by atoms with Gasteiger partial charge in [0.1, 0.15) is 5.82 Å². The Hall–Kier alpha value is -3.93. The van der Waals surface area contributed by atoms with Crippen molar-refractivity contribution in [2.24, 2.45) is 5.73 Å². The molecule has 156 valence electrons. The van der Waals surface area contributed by atoms with Gasteiger partial charge in [0.2, 0.25) is 5.91 Å². The zero-order valence-corrected chi connectivity index (χ0v) is 17.5. The molecular weight excluding hydrogens is 388 g/mol. The first kappa shape index (κ1) is 20.3. The molecule has 0 bridgehead atoms. The van der Waals surface area contributed by atoms with Gasteiger partial charge < -0.3 is 16.0 Å². The van der Waals surface area contributed by atoms with E-state index in [1.165, 1.54) is 0 Å². The SMILES string of the molecule is CCc1c(Nc2nc(-c3ccccc3)cc3cc[nH]c(=O)c23)ccc(C(N)=O)c1CC. The first-order valence-corrected chi connectivity index (χ1v) is 10.3. The number of amides is 1. The maximum atomic E-state index is 12.7. The summed E-state index contributed by atoms with van der Waals surface area (Å²) in [5.41, 5.74) is 10.3. The number of pyridine rings is 2. The molecule has 0 saturated carbocycles. The number of fused-ring (bicyclic) bond motifs is 1. The first-order valence-electron chi connectivity index (χ1n) is 10.3. The molecule has 6 heteroatoms. The van der Waals surface area contributed by atoms with Gasteiger partial charge in [0, 0.05) is 23.0 Å². The van der Waals surface area contributed by atoms with E-state index in [0.717, 1.165) is 33.5 Å². The first-order chi connectivity index (χ1) is 15.0. The van der Waals surface area contributed by atoms with Gasteiger partial charge >= 0.3 is 0 Å². The van der Waals surface area contributed by atoms with E-state index in [9.17, 15) is 9.59 Å². The molecule has 0 aliphatic rings. The van der Waals surface area contributed by atoms with E-state index in [1.54, 1.807) is 12.3 Å². The number of aromatic nitrogens is 2. The maximum Gasteiger partial charge on any atom is 0.259 e. The molecule has 4 N–H and O–H groups in total. The summed E-state index contributed by atoms with van der Waals surface area (Å²) in [6.45, 7) is 4.03. The molecular formula is C25H24N4O2. The fraction of sp³-hybridized carbons (Fsp3) is 0.160. The average molecular weight is 412 g/mol. The highest BCUT2D eigenvalue weighted by Crippen LogP contribution is 2.31. The van der Waals surface area contributed by atoms with E-state index in [-0.39, 0.29) is 5.56 Å². The van der Waals surface area contributed by atoms with Gasteiger partial charge in [0.15, 0.2) is 0 Å². The molecule has 4 aromatic rings. The standard InChI is InChI=1S/C25H24N4O2/c1-3-17-18(4-2)20(11-10-19(17)23(26)30)28-24-22-16(12-13-27-25(22)31)14-21(29-24)15-8-6-5-7-9-15/h5-14H,3-4H2,1-2H3,(H2,26,30)(H,27,31)(H,28,29). The van der Waals surface area contributed by atoms with Gasteiger partial charge in [-0.25, -0.2) is 4.98 Å². The number of rotatable bonds is 6. The predicted molar refractivity (Wildman–Crippen MR) is 125 cm³/mol. The quantitative estimate of drug-likeness (QED) is 0.432. The van der Waals surface area contributed by atoms with Crippen LogP contribution in [0.4, 0.5) is 11.5 Å². The van der Waals surface area contributed by atoms with Crippen LogP contribution in [0.15, 0.2) is 65.6 Å². The number of carbonyl (C=O) groups excluding carboxylic acids is 1. The number of anilines is 2. The third kappa shape index (κ3) is 3.80. The van der Waals surface area contributed by atoms with Crippen LogP contribution >= 0.6 is 0 Å². The Kier molecular flexibility index (Phi) is 5.54. The summed E-state index contributed by atoms with van der Waals surface area (Å²) in [6.07, 6.45) is 3.02. The molecule has 6 nitrogen and oxygen atoms in total. The molecule has 0 aliphatic carbocycles. The predicted octanol–water partition coefficient (Wildman–Crippen LogP) is 4.56. The van der Waals surface area contributed by atoms with Crippen LogP contribution < -0.4 is 16.6 Å². The number of hydrogen-bond donors (Lipinski definition) is 3. The lowest BCUT2D eigenvalue weighted by Gasteiger charge is -2.18. The van der Waals surface area contributed by atoms with E-state index in [4.69, 9.17) is 10.7 Å². The minimum atomic E-state index is -0.441. The second kappa shape index (κ2) is 8.44. The second-order valence-corrected chi connectivity index (χ2v) is 7.31. The van der Waals surface area contributed by atoms with Crippen LogP contribution in [0.1, 0.15) is 35.3 Å². The molecule has 31 heavy (non-hydrogen) atoms. The summed E-state index contributed by atoms with van der Waals surface area (Å²) in [6, 6.07) is 17.2. The Morgan fingerprint density at radius 1 is 1.03 bits per heavy atom. The fourth-order valence-electron chi connectivity index (χ4n) is 4.04. The molecule has 1 amide bonds. The molecule has 2 aromatic carbocycles. The van der Waals surface area contributed by atoms with Crippen LogP contribution in [0, 0.1) is 0 Å². The Morgan fingerprint density at radius 2 is 1.77 bits per heavy atom. The Balaban J connectivity index is 1.93. The van der Waals surface area contributed by atoms with Gasteiger partial charge in [-0.3, -0.25) is 9.59 Å². The average Bonchev–Trinajstić information content (AvgIpc) is 2.78. The summed E-state index contributed by atoms with van der Waals surface area (Å²) in [5.74, 6) is 0.0333. The molecule has 0 aliphatic heterocycles. The van der Waals surface area contributed by atoms with Crippen LogP contribution in [0.2, 0.25) is 0 Å². The van der Waals surface area contributed by atoms with Gasteiger partial charge in [-0.15, -0.1) is 0 Å². The number of primary amides is 1. The number of nitrogens with one attached hydrogen (secondary N) is 2. The molecule has 4 rings (SSSR count). The Bertz CT molecular complexity index is 1330. The van der Waals surface area contributed by atoms with E-state index < -0.39 is 5.91 Å². The van der Waals surface area contributed by atoms with Crippen molar-refractivity contribution in [2.75, 3.05) is 5.32 Å². The summed E-state index contributed by atoms with van der Waals surface area (Å²) in [5, 5.41) is 4.66. The molecule has 2 heterocycles. The number of nitrogens with two attached hydrogens (primary N) is 1. The monoisotopic (exact) mass is 412 g/mol. The highest BCUT2D eigenvalue weighted by atomic mass is 16.1. The van der Waals surface area contributed by atoms with Crippen LogP contribution in [0.5, 0.6) is 0 Å². The summed E-state index contributed by atoms with van der Waals surface area (Å²) in [4.78, 5) is 32.1. The van der Waals surface area contributed by atoms with Crippen molar-refractivity contribution < 1.29 is 4.79 Å². The van der Waals surface area contributed by atoms with E-state index in [1.807, 2.05) is 62.4 Å². The van der Waals surface area contributed by atoms with Gasteiger partial charge in [0.05, 0.1) is 11.1 Å². The number of H-pyrrole nitrogens is 1. The summed E-state index contributed by atoms with van der Waals surface area (Å²) < 4.78 is 0. The lowest BCUT2D eigenvalue weighted by atomic mass is 9.94. The van der Waals surface area contributed by atoms with Gasteiger partial charge in [-0.05, 0) is 53.6 Å². The van der Waals surface area contributed by atoms with Gasteiger partial charge in [-0.2, -0.15) is 0 Å². The lowest BCUT2D eigenvalue weighted by molar-refractivity contribution is 0.0999. The van der Waals surface area contributed by atoms with E-state index in [2.05, 4.69) is 10.3 Å². The summed E-state index contributed by atoms with van der Waals surface area (Å²) >= 11 is 0. The molecule has 0 spiro atoms. The van der Waals surface area contributed by atoms with E-state index in [0.29, 0.717) is 29.6 Å². The smallest absolute Gasteiger partial charge is 0.259 e. The van der Waals surface area contributed by atoms with Crippen molar-refractivity contribution in [1.29, 1.82) is 0 Å². The van der Waals surface area contributed by atoms with Crippen LogP contribution in [-0.2, 0) is 12.8 Å². The Morgan fingerprint density at radius 3 is 2.45 bits per heavy atom. The van der Waals surface area contributed by atoms with Crippen LogP contribution in [0.25, 0.3) is 22.0 Å². The molecule has 2 aromatic heterocycles. The minimum Gasteiger partial charge on any atom is -0.366 e. The van der Waals surface area contributed by atoms with Gasteiger partial charge in [-0.1, -0.05) is 44.2 Å². The number of aromatic amines is 1.